The number of methoxy groups -OCH3 is 1. The van der Waals surface area contributed by atoms with Gasteiger partial charge in [0.25, 0.3) is 0 Å². The number of nitrogen functional groups attached to an aromatic ring is 1. The maximum absolute atomic E-state index is 11.6. The molecule has 1 unspecified atom stereocenters. The van der Waals surface area contributed by atoms with E-state index in [1.165, 1.54) is 7.11 Å². The molecular weight excluding hydrogens is 232 g/mol. The smallest absolute Gasteiger partial charge is 0.340 e. The third kappa shape index (κ3) is 3.63. The maximum Gasteiger partial charge on any atom is 0.340 e. The van der Waals surface area contributed by atoms with Gasteiger partial charge in [-0.05, 0) is 26.0 Å². The van der Waals surface area contributed by atoms with E-state index in [0.29, 0.717) is 30.1 Å². The molecule has 100 valence electrons. The molecule has 1 rings (SSSR count). The Morgan fingerprint density at radius 3 is 2.83 bits per heavy atom. The Morgan fingerprint density at radius 1 is 1.50 bits per heavy atom. The molecule has 18 heavy (non-hydrogen) atoms. The molecule has 0 amide bonds. The van der Waals surface area contributed by atoms with E-state index < -0.39 is 5.97 Å². The summed E-state index contributed by atoms with van der Waals surface area (Å²) < 4.78 is 10.1. The molecule has 0 bridgehead atoms. The van der Waals surface area contributed by atoms with Crippen molar-refractivity contribution < 1.29 is 14.3 Å². The van der Waals surface area contributed by atoms with Gasteiger partial charge in [-0.15, -0.1) is 0 Å². The van der Waals surface area contributed by atoms with Crippen LogP contribution in [-0.2, 0) is 9.47 Å². The van der Waals surface area contributed by atoms with Gasteiger partial charge in [-0.25, -0.2) is 4.79 Å². The predicted octanol–water partition coefficient (Wildman–Crippen LogP) is 1.89. The monoisotopic (exact) mass is 252 g/mol. The van der Waals surface area contributed by atoms with E-state index in [2.05, 4.69) is 5.32 Å². The van der Waals surface area contributed by atoms with E-state index in [1.54, 1.807) is 18.2 Å². The van der Waals surface area contributed by atoms with Gasteiger partial charge in [0.1, 0.15) is 0 Å². The fraction of sp³-hybridized carbons (Fsp3) is 0.462. The van der Waals surface area contributed by atoms with Gasteiger partial charge in [-0.2, -0.15) is 0 Å². The Hall–Kier alpha value is -1.75. The van der Waals surface area contributed by atoms with Crippen LogP contribution in [0.2, 0.25) is 0 Å². The molecule has 0 saturated carbocycles. The second kappa shape index (κ2) is 6.86. The number of esters is 1. The zero-order valence-corrected chi connectivity index (χ0v) is 11.0. The largest absolute Gasteiger partial charge is 0.465 e. The SMILES string of the molecule is CCOC(C)CNc1c(N)cccc1C(=O)OC. The summed E-state index contributed by atoms with van der Waals surface area (Å²) in [7, 11) is 1.35. The van der Waals surface area contributed by atoms with Gasteiger partial charge in [0, 0.05) is 13.2 Å². The third-order valence-corrected chi connectivity index (χ3v) is 2.52. The molecule has 0 aliphatic rings. The van der Waals surface area contributed by atoms with Crippen molar-refractivity contribution >= 4 is 17.3 Å². The second-order valence-electron chi connectivity index (χ2n) is 3.91. The average Bonchev–Trinajstić information content (AvgIpc) is 2.36. The minimum Gasteiger partial charge on any atom is -0.465 e. The van der Waals surface area contributed by atoms with Gasteiger partial charge < -0.3 is 20.5 Å². The highest BCUT2D eigenvalue weighted by Gasteiger charge is 2.14. The molecule has 1 aromatic carbocycles. The highest BCUT2D eigenvalue weighted by molar-refractivity contribution is 5.98. The lowest BCUT2D eigenvalue weighted by molar-refractivity contribution is 0.0601. The Morgan fingerprint density at radius 2 is 2.22 bits per heavy atom. The number of carbonyl (C=O) groups is 1. The van der Waals surface area contributed by atoms with Gasteiger partial charge in [0.15, 0.2) is 0 Å². The van der Waals surface area contributed by atoms with Gasteiger partial charge in [-0.3, -0.25) is 0 Å². The summed E-state index contributed by atoms with van der Waals surface area (Å²) in [5.41, 5.74) is 7.40. The van der Waals surface area contributed by atoms with Crippen molar-refractivity contribution in [2.45, 2.75) is 20.0 Å². The fourth-order valence-corrected chi connectivity index (χ4v) is 1.64. The van der Waals surface area contributed by atoms with E-state index in [1.807, 2.05) is 13.8 Å². The minimum atomic E-state index is -0.408. The number of nitrogens with one attached hydrogen (secondary N) is 1. The number of hydrogen-bond acceptors (Lipinski definition) is 5. The third-order valence-electron chi connectivity index (χ3n) is 2.52. The number of benzene rings is 1. The number of nitrogens with two attached hydrogens (primary N) is 1. The number of ether oxygens (including phenoxy) is 2. The summed E-state index contributed by atoms with van der Waals surface area (Å²) >= 11 is 0. The summed E-state index contributed by atoms with van der Waals surface area (Å²) in [6, 6.07) is 5.13. The lowest BCUT2D eigenvalue weighted by Gasteiger charge is -2.17. The van der Waals surface area contributed by atoms with Crippen LogP contribution in [0, 0.1) is 0 Å². The van der Waals surface area contributed by atoms with E-state index in [4.69, 9.17) is 15.2 Å². The van der Waals surface area contributed by atoms with Crippen LogP contribution >= 0.6 is 0 Å². The van der Waals surface area contributed by atoms with Crippen molar-refractivity contribution in [3.8, 4) is 0 Å². The van der Waals surface area contributed by atoms with E-state index >= 15 is 0 Å². The number of hydrogen-bond donors (Lipinski definition) is 2. The van der Waals surface area contributed by atoms with Gasteiger partial charge in [0.2, 0.25) is 0 Å². The molecule has 0 aliphatic carbocycles. The average molecular weight is 252 g/mol. The molecule has 0 heterocycles. The number of rotatable bonds is 6. The van der Waals surface area contributed by atoms with Crippen LogP contribution in [0.5, 0.6) is 0 Å². The first-order valence-corrected chi connectivity index (χ1v) is 5.92. The van der Waals surface area contributed by atoms with Crippen LogP contribution in [-0.4, -0.2) is 32.3 Å². The summed E-state index contributed by atoms with van der Waals surface area (Å²) in [4.78, 5) is 11.6. The zero-order valence-electron chi connectivity index (χ0n) is 11.0. The maximum atomic E-state index is 11.6. The zero-order chi connectivity index (χ0) is 13.5. The van der Waals surface area contributed by atoms with Crippen LogP contribution in [0.3, 0.4) is 0 Å². The van der Waals surface area contributed by atoms with Crippen molar-refractivity contribution in [1.29, 1.82) is 0 Å². The molecule has 1 atom stereocenters. The van der Waals surface area contributed by atoms with Crippen LogP contribution in [0.1, 0.15) is 24.2 Å². The lowest BCUT2D eigenvalue weighted by atomic mass is 10.1. The van der Waals surface area contributed by atoms with E-state index in [0.717, 1.165) is 0 Å². The second-order valence-corrected chi connectivity index (χ2v) is 3.91. The lowest BCUT2D eigenvalue weighted by Crippen LogP contribution is -2.21. The fourth-order valence-electron chi connectivity index (χ4n) is 1.64. The molecule has 5 nitrogen and oxygen atoms in total. The van der Waals surface area contributed by atoms with Crippen molar-refractivity contribution in [2.75, 3.05) is 31.3 Å². The first-order chi connectivity index (χ1) is 8.60. The number of carbonyl (C=O) groups excluding carboxylic acids is 1. The molecule has 0 radical (unpaired) electrons. The number of anilines is 2. The molecular formula is C13H20N2O3. The first-order valence-electron chi connectivity index (χ1n) is 5.92. The van der Waals surface area contributed by atoms with Crippen molar-refractivity contribution in [3.05, 3.63) is 23.8 Å². The summed E-state index contributed by atoms with van der Waals surface area (Å²) in [5.74, 6) is -0.408. The van der Waals surface area contributed by atoms with Crippen LogP contribution in [0.15, 0.2) is 18.2 Å². The van der Waals surface area contributed by atoms with Crippen LogP contribution < -0.4 is 11.1 Å². The highest BCUT2D eigenvalue weighted by Crippen LogP contribution is 2.24. The van der Waals surface area contributed by atoms with Crippen molar-refractivity contribution in [3.63, 3.8) is 0 Å². The Balaban J connectivity index is 2.83. The molecule has 0 fully saturated rings. The van der Waals surface area contributed by atoms with Crippen molar-refractivity contribution in [1.82, 2.24) is 0 Å². The van der Waals surface area contributed by atoms with Crippen LogP contribution in [0.25, 0.3) is 0 Å². The summed E-state index contributed by atoms with van der Waals surface area (Å²) in [5, 5.41) is 3.13. The number of para-hydroxylation sites is 1. The molecule has 0 saturated heterocycles. The molecule has 1 aromatic rings. The first kappa shape index (κ1) is 14.3. The Kier molecular flexibility index (Phi) is 5.45. The molecule has 3 N–H and O–H groups in total. The topological polar surface area (TPSA) is 73.6 Å². The normalized spacial score (nSPS) is 11.9. The predicted molar refractivity (Wildman–Crippen MR) is 71.8 cm³/mol. The molecule has 5 heteroatoms. The van der Waals surface area contributed by atoms with Crippen LogP contribution in [0.4, 0.5) is 11.4 Å². The standard InChI is InChI=1S/C13H20N2O3/c1-4-18-9(2)8-15-12-10(13(16)17-3)6-5-7-11(12)14/h5-7,9,15H,4,8,14H2,1-3H3. The van der Waals surface area contributed by atoms with E-state index in [-0.39, 0.29) is 6.10 Å². The Labute approximate surface area is 107 Å². The minimum absolute atomic E-state index is 0.0418. The summed E-state index contributed by atoms with van der Waals surface area (Å²) in [6.45, 7) is 5.11. The quantitative estimate of drug-likeness (QED) is 0.597. The Bertz CT molecular complexity index is 407. The molecule has 0 spiro atoms. The van der Waals surface area contributed by atoms with Crippen molar-refractivity contribution in [2.24, 2.45) is 0 Å². The highest BCUT2D eigenvalue weighted by atomic mass is 16.5. The van der Waals surface area contributed by atoms with Gasteiger partial charge in [-0.1, -0.05) is 6.07 Å². The van der Waals surface area contributed by atoms with Gasteiger partial charge >= 0.3 is 5.97 Å². The van der Waals surface area contributed by atoms with E-state index in [9.17, 15) is 4.79 Å². The van der Waals surface area contributed by atoms with Gasteiger partial charge in [0.05, 0.1) is 30.2 Å². The summed E-state index contributed by atoms with van der Waals surface area (Å²) in [6.07, 6.45) is 0.0418. The molecule has 0 aromatic heterocycles. The molecule has 0 aliphatic heterocycles.